The van der Waals surface area contributed by atoms with Gasteiger partial charge in [0.25, 0.3) is 0 Å². The van der Waals surface area contributed by atoms with Crippen LogP contribution < -0.4 is 4.74 Å². The van der Waals surface area contributed by atoms with E-state index >= 15 is 0 Å². The fourth-order valence-corrected chi connectivity index (χ4v) is 5.67. The van der Waals surface area contributed by atoms with Gasteiger partial charge in [-0.15, -0.1) is 19.8 Å². The number of ether oxygens (including phenoxy) is 1. The van der Waals surface area contributed by atoms with Crippen LogP contribution in [0.2, 0.25) is 0 Å². The Morgan fingerprint density at radius 1 is 0.812 bits per heavy atom. The molecule has 0 aromatic heterocycles. The highest BCUT2D eigenvalue weighted by Gasteiger charge is 2.34. The lowest BCUT2D eigenvalue weighted by Crippen LogP contribution is -2.19. The number of rotatable bonds is 9. The van der Waals surface area contributed by atoms with Gasteiger partial charge >= 0.3 is 6.36 Å². The van der Waals surface area contributed by atoms with Crippen LogP contribution >= 0.6 is 0 Å². The van der Waals surface area contributed by atoms with Crippen LogP contribution in [0.3, 0.4) is 0 Å². The van der Waals surface area contributed by atoms with E-state index in [1.54, 1.807) is 0 Å². The maximum absolute atomic E-state index is 14.0. The smallest absolute Gasteiger partial charge is 0.399 e. The molecule has 2 aliphatic carbocycles. The fourth-order valence-electron chi connectivity index (χ4n) is 5.67. The van der Waals surface area contributed by atoms with E-state index in [1.807, 2.05) is 6.08 Å². The highest BCUT2D eigenvalue weighted by Crippen LogP contribution is 2.40. The molecule has 1 aromatic carbocycles. The van der Waals surface area contributed by atoms with Crippen molar-refractivity contribution >= 4 is 0 Å². The third-order valence-corrected chi connectivity index (χ3v) is 7.50. The van der Waals surface area contributed by atoms with Crippen molar-refractivity contribution in [1.82, 2.24) is 0 Å². The second-order valence-electron chi connectivity index (χ2n) is 9.77. The highest BCUT2D eigenvalue weighted by atomic mass is 19.4. The van der Waals surface area contributed by atoms with Crippen molar-refractivity contribution in [3.05, 3.63) is 42.0 Å². The van der Waals surface area contributed by atoms with Gasteiger partial charge in [-0.2, -0.15) is 0 Å². The number of halogens is 5. The van der Waals surface area contributed by atoms with Gasteiger partial charge in [-0.05, 0) is 86.3 Å². The minimum atomic E-state index is -5.12. The summed E-state index contributed by atoms with van der Waals surface area (Å²) in [6.07, 6.45) is 12.1. The molecule has 0 aliphatic heterocycles. The van der Waals surface area contributed by atoms with Gasteiger partial charge < -0.3 is 4.74 Å². The summed E-state index contributed by atoms with van der Waals surface area (Å²) in [5, 5.41) is 0. The van der Waals surface area contributed by atoms with E-state index in [-0.39, 0.29) is 5.92 Å². The summed E-state index contributed by atoms with van der Waals surface area (Å²) in [4.78, 5) is 0. The fraction of sp³-hybridized carbons (Fsp3) is 0.692. The Morgan fingerprint density at radius 3 is 1.75 bits per heavy atom. The highest BCUT2D eigenvalue weighted by molar-refractivity contribution is 5.33. The molecular formula is C26H35F5O. The van der Waals surface area contributed by atoms with Crippen LogP contribution in [-0.2, 0) is 0 Å². The molecule has 2 saturated carbocycles. The normalized spacial score (nSPS) is 26.7. The average Bonchev–Trinajstić information content (AvgIpc) is 2.75. The molecule has 0 saturated heterocycles. The second-order valence-corrected chi connectivity index (χ2v) is 9.77. The number of allylic oxidation sites excluding steroid dienone is 1. The standard InChI is InChI=1S/C26H35F5O/c1-2-5-18-8-10-19(11-9-18)6-3-4-7-20-12-14-21(15-13-20)22-16-23(27)25(24(28)17-22)32-26(29,30)31/h2,16-21H,1,3-15H2/t18-,19-,20?,21?. The topological polar surface area (TPSA) is 9.23 Å². The van der Waals surface area contributed by atoms with Crippen molar-refractivity contribution < 1.29 is 26.7 Å². The zero-order valence-electron chi connectivity index (χ0n) is 18.7. The molecular weight excluding hydrogens is 423 g/mol. The minimum absolute atomic E-state index is 0.0130. The molecule has 180 valence electrons. The first-order valence-corrected chi connectivity index (χ1v) is 12.1. The summed E-state index contributed by atoms with van der Waals surface area (Å²) >= 11 is 0. The van der Waals surface area contributed by atoms with Crippen molar-refractivity contribution in [1.29, 1.82) is 0 Å². The van der Waals surface area contributed by atoms with E-state index in [4.69, 9.17) is 0 Å². The van der Waals surface area contributed by atoms with E-state index in [0.717, 1.165) is 56.1 Å². The predicted molar refractivity (Wildman–Crippen MR) is 116 cm³/mol. The number of benzene rings is 1. The van der Waals surface area contributed by atoms with Crippen molar-refractivity contribution in [2.45, 2.75) is 95.8 Å². The molecule has 1 nitrogen and oxygen atoms in total. The summed E-state index contributed by atoms with van der Waals surface area (Å²) in [5.74, 6) is -1.62. The molecule has 0 bridgehead atoms. The van der Waals surface area contributed by atoms with E-state index in [1.165, 1.54) is 51.4 Å². The summed E-state index contributed by atoms with van der Waals surface area (Å²) in [5.41, 5.74) is 0.431. The Labute approximate surface area is 188 Å². The molecule has 3 rings (SSSR count). The lowest BCUT2D eigenvalue weighted by molar-refractivity contribution is -0.276. The third kappa shape index (κ3) is 7.48. The van der Waals surface area contributed by atoms with E-state index < -0.39 is 23.7 Å². The van der Waals surface area contributed by atoms with Gasteiger partial charge in [-0.3, -0.25) is 0 Å². The molecule has 6 heteroatoms. The van der Waals surface area contributed by atoms with Crippen LogP contribution in [0.5, 0.6) is 5.75 Å². The van der Waals surface area contributed by atoms with Gasteiger partial charge in [0.1, 0.15) is 0 Å². The molecule has 0 heterocycles. The van der Waals surface area contributed by atoms with Crippen molar-refractivity contribution in [3.8, 4) is 5.75 Å². The molecule has 0 amide bonds. The van der Waals surface area contributed by atoms with Gasteiger partial charge in [0.2, 0.25) is 5.75 Å². The number of hydrogen-bond donors (Lipinski definition) is 0. The van der Waals surface area contributed by atoms with Gasteiger partial charge in [0.15, 0.2) is 11.6 Å². The maximum atomic E-state index is 14.0. The largest absolute Gasteiger partial charge is 0.573 e. The minimum Gasteiger partial charge on any atom is -0.399 e. The van der Waals surface area contributed by atoms with Crippen LogP contribution in [0.4, 0.5) is 22.0 Å². The van der Waals surface area contributed by atoms with Crippen molar-refractivity contribution in [2.24, 2.45) is 17.8 Å². The quantitative estimate of drug-likeness (QED) is 0.204. The maximum Gasteiger partial charge on any atom is 0.573 e. The molecule has 1 aromatic rings. The van der Waals surface area contributed by atoms with E-state index in [2.05, 4.69) is 11.3 Å². The van der Waals surface area contributed by atoms with Gasteiger partial charge in [0, 0.05) is 0 Å². The monoisotopic (exact) mass is 458 g/mol. The van der Waals surface area contributed by atoms with Crippen LogP contribution in [-0.4, -0.2) is 6.36 Å². The molecule has 0 N–H and O–H groups in total. The lowest BCUT2D eigenvalue weighted by Gasteiger charge is -2.30. The van der Waals surface area contributed by atoms with E-state index in [0.29, 0.717) is 11.5 Å². The molecule has 2 fully saturated rings. The van der Waals surface area contributed by atoms with E-state index in [9.17, 15) is 22.0 Å². The number of unbranched alkanes of at least 4 members (excludes halogenated alkanes) is 1. The molecule has 0 atom stereocenters. The summed E-state index contributed by atoms with van der Waals surface area (Å²) in [6.45, 7) is 3.85. The van der Waals surface area contributed by atoms with Crippen LogP contribution in [0.15, 0.2) is 24.8 Å². The SMILES string of the molecule is C=CC[C@H]1CC[C@H](CCCCC2CCC(c3cc(F)c(OC(F)(F)F)c(F)c3)CC2)CC1. The van der Waals surface area contributed by atoms with Crippen LogP contribution in [0.25, 0.3) is 0 Å². The van der Waals surface area contributed by atoms with Gasteiger partial charge in [0.05, 0.1) is 0 Å². The average molecular weight is 459 g/mol. The first-order valence-electron chi connectivity index (χ1n) is 12.1. The molecule has 0 unspecified atom stereocenters. The van der Waals surface area contributed by atoms with Gasteiger partial charge in [-0.25, -0.2) is 8.78 Å². The molecule has 0 radical (unpaired) electrons. The van der Waals surface area contributed by atoms with Crippen molar-refractivity contribution in [2.75, 3.05) is 0 Å². The van der Waals surface area contributed by atoms with Crippen LogP contribution in [0.1, 0.15) is 95.0 Å². The Morgan fingerprint density at radius 2 is 1.28 bits per heavy atom. The molecule has 32 heavy (non-hydrogen) atoms. The molecule has 2 aliphatic rings. The second kappa shape index (κ2) is 11.5. The van der Waals surface area contributed by atoms with Crippen molar-refractivity contribution in [3.63, 3.8) is 0 Å². The number of alkyl halides is 3. The summed E-state index contributed by atoms with van der Waals surface area (Å²) in [7, 11) is 0. The van der Waals surface area contributed by atoms with Crippen LogP contribution in [0, 0.1) is 29.4 Å². The first kappa shape index (κ1) is 25.0. The lowest BCUT2D eigenvalue weighted by atomic mass is 9.76. The Bertz CT molecular complexity index is 705. The summed E-state index contributed by atoms with van der Waals surface area (Å²) < 4.78 is 68.5. The zero-order chi connectivity index (χ0) is 23.1. The zero-order valence-corrected chi connectivity index (χ0v) is 18.7. The number of hydrogen-bond acceptors (Lipinski definition) is 1. The predicted octanol–water partition coefficient (Wildman–Crippen LogP) is 9.08. The third-order valence-electron chi connectivity index (χ3n) is 7.50. The Balaban J connectivity index is 1.37. The Hall–Kier alpha value is -1.59. The molecule has 0 spiro atoms. The summed E-state index contributed by atoms with van der Waals surface area (Å²) in [6, 6.07) is 2.00. The Kier molecular flexibility index (Phi) is 9.01. The first-order chi connectivity index (χ1) is 15.2. The van der Waals surface area contributed by atoms with Gasteiger partial charge in [-0.1, -0.05) is 44.6 Å².